The van der Waals surface area contributed by atoms with Crippen molar-refractivity contribution in [2.75, 3.05) is 14.2 Å². The highest BCUT2D eigenvalue weighted by molar-refractivity contribution is 5.75. The zero-order valence-electron chi connectivity index (χ0n) is 10.2. The van der Waals surface area contributed by atoms with Crippen molar-refractivity contribution in [2.45, 2.75) is 0 Å². The fourth-order valence-corrected chi connectivity index (χ4v) is 1.74. The van der Waals surface area contributed by atoms with Crippen LogP contribution >= 0.6 is 0 Å². The maximum absolute atomic E-state index is 9.20. The smallest absolute Gasteiger partial charge is 0.221 e. The number of nitrogens with zero attached hydrogens (tertiary/aromatic N) is 2. The number of pyridine rings is 1. The Kier molecular flexibility index (Phi) is 3.44. The number of ether oxygens (including phenoxy) is 2. The number of methoxy groups -OCH3 is 2. The third-order valence-corrected chi connectivity index (χ3v) is 2.60. The first kappa shape index (κ1) is 11.9. The zero-order valence-corrected chi connectivity index (χ0v) is 10.2. The minimum Gasteiger partial charge on any atom is -0.497 e. The first-order valence-corrected chi connectivity index (χ1v) is 5.37. The van der Waals surface area contributed by atoms with Gasteiger partial charge in [-0.05, 0) is 30.3 Å². The number of nitriles is 1. The van der Waals surface area contributed by atoms with E-state index in [1.165, 1.54) is 0 Å². The van der Waals surface area contributed by atoms with E-state index in [9.17, 15) is 5.26 Å². The molecule has 90 valence electrons. The number of benzene rings is 1. The zero-order chi connectivity index (χ0) is 13.0. The lowest BCUT2D eigenvalue weighted by Gasteiger charge is -2.09. The first-order valence-electron chi connectivity index (χ1n) is 5.37. The van der Waals surface area contributed by atoms with Crippen molar-refractivity contribution in [1.82, 2.24) is 4.98 Å². The Bertz CT molecular complexity index is 603. The van der Waals surface area contributed by atoms with Crippen molar-refractivity contribution in [1.29, 1.82) is 5.26 Å². The van der Waals surface area contributed by atoms with E-state index >= 15 is 0 Å². The Labute approximate surface area is 105 Å². The molecule has 0 N–H and O–H groups in total. The SMILES string of the molecule is COc1ccc(-c2cccnc2OC)c(C#N)c1. The molecule has 1 aromatic carbocycles. The molecule has 0 unspecified atom stereocenters. The Morgan fingerprint density at radius 3 is 2.61 bits per heavy atom. The minimum atomic E-state index is 0.499. The average molecular weight is 240 g/mol. The van der Waals surface area contributed by atoms with Gasteiger partial charge in [0.05, 0.1) is 25.9 Å². The highest BCUT2D eigenvalue weighted by atomic mass is 16.5. The Morgan fingerprint density at radius 2 is 1.94 bits per heavy atom. The molecule has 0 spiro atoms. The van der Waals surface area contributed by atoms with Crippen molar-refractivity contribution < 1.29 is 9.47 Å². The van der Waals surface area contributed by atoms with Gasteiger partial charge in [0, 0.05) is 17.3 Å². The summed E-state index contributed by atoms with van der Waals surface area (Å²) in [5.41, 5.74) is 2.10. The molecule has 18 heavy (non-hydrogen) atoms. The lowest BCUT2D eigenvalue weighted by molar-refractivity contribution is 0.399. The van der Waals surface area contributed by atoms with Crippen molar-refractivity contribution >= 4 is 0 Å². The standard InChI is InChI=1S/C14H12N2O2/c1-17-11-5-6-12(10(8-11)9-15)13-4-3-7-16-14(13)18-2/h3-8H,1-2H3. The molecule has 0 aliphatic carbocycles. The van der Waals surface area contributed by atoms with E-state index in [-0.39, 0.29) is 0 Å². The van der Waals surface area contributed by atoms with Crippen LogP contribution in [-0.4, -0.2) is 19.2 Å². The lowest BCUT2D eigenvalue weighted by atomic mass is 10.0. The topological polar surface area (TPSA) is 55.1 Å². The molecule has 0 saturated carbocycles. The number of aromatic nitrogens is 1. The van der Waals surface area contributed by atoms with Gasteiger partial charge in [0.2, 0.25) is 5.88 Å². The van der Waals surface area contributed by atoms with E-state index in [2.05, 4.69) is 11.1 Å². The first-order chi connectivity index (χ1) is 8.80. The minimum absolute atomic E-state index is 0.499. The van der Waals surface area contributed by atoms with Gasteiger partial charge in [-0.1, -0.05) is 0 Å². The highest BCUT2D eigenvalue weighted by Crippen LogP contribution is 2.32. The second-order valence-corrected chi connectivity index (χ2v) is 3.58. The molecule has 4 heteroatoms. The summed E-state index contributed by atoms with van der Waals surface area (Å²) in [6.07, 6.45) is 1.65. The molecule has 0 amide bonds. The van der Waals surface area contributed by atoms with Crippen LogP contribution in [0, 0.1) is 11.3 Å². The maximum atomic E-state index is 9.20. The van der Waals surface area contributed by atoms with Gasteiger partial charge in [0.25, 0.3) is 0 Å². The summed E-state index contributed by atoms with van der Waals surface area (Å²) in [6, 6.07) is 11.2. The number of rotatable bonds is 3. The van der Waals surface area contributed by atoms with E-state index in [0.717, 1.165) is 11.1 Å². The quantitative estimate of drug-likeness (QED) is 0.827. The predicted octanol–water partition coefficient (Wildman–Crippen LogP) is 2.64. The molecule has 1 heterocycles. The van der Waals surface area contributed by atoms with Gasteiger partial charge < -0.3 is 9.47 Å². The Hall–Kier alpha value is -2.54. The van der Waals surface area contributed by atoms with Gasteiger partial charge in [0.1, 0.15) is 5.75 Å². The summed E-state index contributed by atoms with van der Waals surface area (Å²) in [4.78, 5) is 4.13. The highest BCUT2D eigenvalue weighted by Gasteiger charge is 2.11. The molecule has 4 nitrogen and oxygen atoms in total. The van der Waals surface area contributed by atoms with Gasteiger partial charge in [-0.25, -0.2) is 4.98 Å². The van der Waals surface area contributed by atoms with E-state index in [1.807, 2.05) is 24.3 Å². The monoisotopic (exact) mass is 240 g/mol. The van der Waals surface area contributed by atoms with Crippen molar-refractivity contribution in [3.8, 4) is 28.8 Å². The molecule has 0 bridgehead atoms. The van der Waals surface area contributed by atoms with E-state index in [1.54, 1.807) is 26.5 Å². The summed E-state index contributed by atoms with van der Waals surface area (Å²) in [5.74, 6) is 1.15. The van der Waals surface area contributed by atoms with Crippen molar-refractivity contribution in [2.24, 2.45) is 0 Å². The largest absolute Gasteiger partial charge is 0.497 e. The van der Waals surface area contributed by atoms with E-state index in [0.29, 0.717) is 17.2 Å². The van der Waals surface area contributed by atoms with Crippen molar-refractivity contribution in [3.63, 3.8) is 0 Å². The average Bonchev–Trinajstić information content (AvgIpc) is 2.46. The van der Waals surface area contributed by atoms with Crippen LogP contribution in [0.15, 0.2) is 36.5 Å². The maximum Gasteiger partial charge on any atom is 0.221 e. The van der Waals surface area contributed by atoms with Crippen LogP contribution in [0.4, 0.5) is 0 Å². The lowest BCUT2D eigenvalue weighted by Crippen LogP contribution is -1.93. The molecular formula is C14H12N2O2. The van der Waals surface area contributed by atoms with Crippen LogP contribution in [0.25, 0.3) is 11.1 Å². The van der Waals surface area contributed by atoms with Crippen molar-refractivity contribution in [3.05, 3.63) is 42.1 Å². The second kappa shape index (κ2) is 5.19. The Balaban J connectivity index is 2.61. The molecule has 1 aromatic heterocycles. The van der Waals surface area contributed by atoms with Gasteiger partial charge >= 0.3 is 0 Å². The molecule has 2 rings (SSSR count). The van der Waals surface area contributed by atoms with Crippen LogP contribution in [0.1, 0.15) is 5.56 Å². The summed E-state index contributed by atoms with van der Waals surface area (Å²) in [7, 11) is 3.13. The molecule has 0 saturated heterocycles. The second-order valence-electron chi connectivity index (χ2n) is 3.58. The fraction of sp³-hybridized carbons (Fsp3) is 0.143. The number of hydrogen-bond acceptors (Lipinski definition) is 4. The summed E-state index contributed by atoms with van der Waals surface area (Å²) < 4.78 is 10.3. The Morgan fingerprint density at radius 1 is 1.11 bits per heavy atom. The van der Waals surface area contributed by atoms with Crippen LogP contribution in [0.2, 0.25) is 0 Å². The van der Waals surface area contributed by atoms with Crippen LogP contribution in [0.3, 0.4) is 0 Å². The predicted molar refractivity (Wildman–Crippen MR) is 67.5 cm³/mol. The third-order valence-electron chi connectivity index (χ3n) is 2.60. The van der Waals surface area contributed by atoms with Crippen LogP contribution in [0.5, 0.6) is 11.6 Å². The van der Waals surface area contributed by atoms with Crippen LogP contribution in [-0.2, 0) is 0 Å². The molecule has 0 radical (unpaired) electrons. The summed E-state index contributed by atoms with van der Waals surface area (Å²) in [5, 5.41) is 9.20. The van der Waals surface area contributed by atoms with Gasteiger partial charge in [-0.2, -0.15) is 5.26 Å². The van der Waals surface area contributed by atoms with Gasteiger partial charge in [-0.3, -0.25) is 0 Å². The molecule has 0 aliphatic heterocycles. The number of hydrogen-bond donors (Lipinski definition) is 0. The third kappa shape index (κ3) is 2.11. The normalized spacial score (nSPS) is 9.61. The van der Waals surface area contributed by atoms with Gasteiger partial charge in [0.15, 0.2) is 0 Å². The van der Waals surface area contributed by atoms with Gasteiger partial charge in [-0.15, -0.1) is 0 Å². The summed E-state index contributed by atoms with van der Waals surface area (Å²) >= 11 is 0. The van der Waals surface area contributed by atoms with Crippen LogP contribution < -0.4 is 9.47 Å². The summed E-state index contributed by atoms with van der Waals surface area (Å²) in [6.45, 7) is 0. The molecular weight excluding hydrogens is 228 g/mol. The van der Waals surface area contributed by atoms with E-state index in [4.69, 9.17) is 9.47 Å². The fourth-order valence-electron chi connectivity index (χ4n) is 1.74. The molecule has 0 fully saturated rings. The molecule has 0 atom stereocenters. The molecule has 2 aromatic rings. The van der Waals surface area contributed by atoms with E-state index < -0.39 is 0 Å². The molecule has 0 aliphatic rings.